The number of nitrogens with zero attached hydrogens (tertiary/aromatic N) is 3. The lowest BCUT2D eigenvalue weighted by Crippen LogP contribution is -2.17. The van der Waals surface area contributed by atoms with Gasteiger partial charge in [-0.15, -0.1) is 0 Å². The number of nitrogens with one attached hydrogen (secondary N) is 1. The van der Waals surface area contributed by atoms with Crippen LogP contribution in [0.15, 0.2) is 24.7 Å². The van der Waals surface area contributed by atoms with E-state index in [0.29, 0.717) is 11.5 Å². The van der Waals surface area contributed by atoms with E-state index in [-0.39, 0.29) is 5.91 Å². The number of hydrogen-bond donors (Lipinski definition) is 1. The van der Waals surface area contributed by atoms with Gasteiger partial charge in [0.1, 0.15) is 17.8 Å². The molecular weight excluding hydrogens is 228 g/mol. The topological polar surface area (TPSA) is 67.8 Å². The van der Waals surface area contributed by atoms with Gasteiger partial charge in [0, 0.05) is 17.5 Å². The van der Waals surface area contributed by atoms with Crippen LogP contribution >= 0.6 is 0 Å². The Labute approximate surface area is 105 Å². The van der Waals surface area contributed by atoms with Crippen molar-refractivity contribution >= 4 is 11.7 Å². The molecule has 2 heterocycles. The zero-order chi connectivity index (χ0) is 13.1. The molecule has 0 aliphatic carbocycles. The molecule has 0 atom stereocenters. The van der Waals surface area contributed by atoms with E-state index in [4.69, 9.17) is 0 Å². The molecule has 5 nitrogen and oxygen atoms in total. The van der Waals surface area contributed by atoms with E-state index < -0.39 is 0 Å². The number of rotatable bonds is 2. The number of carbonyl (C=O) groups is 1. The monoisotopic (exact) mass is 242 g/mol. The van der Waals surface area contributed by atoms with Crippen molar-refractivity contribution in [3.63, 3.8) is 0 Å². The van der Waals surface area contributed by atoms with Gasteiger partial charge in [0.25, 0.3) is 5.91 Å². The van der Waals surface area contributed by atoms with Gasteiger partial charge in [0.2, 0.25) is 0 Å². The van der Waals surface area contributed by atoms with Gasteiger partial charge in [-0.2, -0.15) is 0 Å². The lowest BCUT2D eigenvalue weighted by molar-refractivity contribution is 0.102. The van der Waals surface area contributed by atoms with Crippen molar-refractivity contribution in [3.05, 3.63) is 47.2 Å². The van der Waals surface area contributed by atoms with E-state index in [0.717, 1.165) is 16.8 Å². The van der Waals surface area contributed by atoms with Crippen molar-refractivity contribution in [2.75, 3.05) is 5.32 Å². The molecule has 0 spiro atoms. The minimum Gasteiger partial charge on any atom is -0.305 e. The quantitative estimate of drug-likeness (QED) is 0.875. The van der Waals surface area contributed by atoms with Crippen LogP contribution in [0.25, 0.3) is 0 Å². The summed E-state index contributed by atoms with van der Waals surface area (Å²) in [5, 5.41) is 2.73. The van der Waals surface area contributed by atoms with E-state index >= 15 is 0 Å². The molecule has 0 radical (unpaired) electrons. The third kappa shape index (κ3) is 2.51. The maximum absolute atomic E-state index is 12.1. The Bertz CT molecular complexity index is 595. The van der Waals surface area contributed by atoms with Gasteiger partial charge in [-0.1, -0.05) is 0 Å². The first kappa shape index (κ1) is 12.2. The van der Waals surface area contributed by atoms with Crippen LogP contribution in [0, 0.1) is 20.8 Å². The molecule has 0 aromatic carbocycles. The maximum atomic E-state index is 12.1. The van der Waals surface area contributed by atoms with Crippen LogP contribution in [0.1, 0.15) is 27.3 Å². The highest BCUT2D eigenvalue weighted by atomic mass is 16.1. The number of anilines is 1. The second kappa shape index (κ2) is 4.91. The molecule has 1 amide bonds. The summed E-state index contributed by atoms with van der Waals surface area (Å²) in [6.07, 6.45) is 3.05. The first-order valence-corrected chi connectivity index (χ1v) is 5.60. The Balaban J connectivity index is 2.25. The molecule has 2 aromatic heterocycles. The summed E-state index contributed by atoms with van der Waals surface area (Å²) < 4.78 is 0. The van der Waals surface area contributed by atoms with Gasteiger partial charge in [-0.05, 0) is 38.5 Å². The highest BCUT2D eigenvalue weighted by molar-refractivity contribution is 6.03. The second-order valence-electron chi connectivity index (χ2n) is 4.11. The molecule has 0 saturated heterocycles. The third-order valence-corrected chi connectivity index (χ3v) is 2.71. The molecule has 18 heavy (non-hydrogen) atoms. The molecule has 92 valence electrons. The van der Waals surface area contributed by atoms with Crippen LogP contribution in [-0.2, 0) is 0 Å². The normalized spacial score (nSPS) is 10.2. The van der Waals surface area contributed by atoms with Gasteiger partial charge in [-0.25, -0.2) is 15.0 Å². The predicted molar refractivity (Wildman–Crippen MR) is 68.4 cm³/mol. The Morgan fingerprint density at radius 3 is 2.67 bits per heavy atom. The van der Waals surface area contributed by atoms with E-state index in [9.17, 15) is 4.79 Å². The third-order valence-electron chi connectivity index (χ3n) is 2.71. The molecule has 0 saturated carbocycles. The molecule has 5 heteroatoms. The summed E-state index contributed by atoms with van der Waals surface area (Å²) >= 11 is 0. The van der Waals surface area contributed by atoms with Gasteiger partial charge in [0.15, 0.2) is 0 Å². The lowest BCUT2D eigenvalue weighted by atomic mass is 10.2. The number of hydrogen-bond acceptors (Lipinski definition) is 4. The number of pyridine rings is 1. The zero-order valence-electron chi connectivity index (χ0n) is 10.6. The van der Waals surface area contributed by atoms with Crippen molar-refractivity contribution in [1.82, 2.24) is 15.0 Å². The highest BCUT2D eigenvalue weighted by Gasteiger charge is 2.13. The second-order valence-corrected chi connectivity index (χ2v) is 4.11. The van der Waals surface area contributed by atoms with Crippen LogP contribution in [0.2, 0.25) is 0 Å². The Morgan fingerprint density at radius 1 is 1.17 bits per heavy atom. The fraction of sp³-hybridized carbons (Fsp3) is 0.231. The number of aromatic nitrogens is 3. The minimum absolute atomic E-state index is 0.267. The Kier molecular flexibility index (Phi) is 3.32. The van der Waals surface area contributed by atoms with Crippen molar-refractivity contribution in [1.29, 1.82) is 0 Å². The number of amides is 1. The van der Waals surface area contributed by atoms with Crippen LogP contribution in [0.5, 0.6) is 0 Å². The summed E-state index contributed by atoms with van der Waals surface area (Å²) in [5.41, 5.74) is 3.00. The fourth-order valence-electron chi connectivity index (χ4n) is 1.55. The van der Waals surface area contributed by atoms with E-state index in [1.54, 1.807) is 12.3 Å². The van der Waals surface area contributed by atoms with Gasteiger partial charge < -0.3 is 5.32 Å². The van der Waals surface area contributed by atoms with Crippen LogP contribution < -0.4 is 5.32 Å². The Hall–Kier alpha value is -2.30. The average Bonchev–Trinajstić information content (AvgIpc) is 2.32. The van der Waals surface area contributed by atoms with Crippen molar-refractivity contribution in [2.45, 2.75) is 20.8 Å². The Morgan fingerprint density at radius 2 is 1.94 bits per heavy atom. The summed E-state index contributed by atoms with van der Waals surface area (Å²) in [5.74, 6) is 0.256. The van der Waals surface area contributed by atoms with Crippen LogP contribution in [0.4, 0.5) is 5.82 Å². The first-order valence-electron chi connectivity index (χ1n) is 5.60. The molecule has 0 aliphatic rings. The fourth-order valence-corrected chi connectivity index (χ4v) is 1.55. The van der Waals surface area contributed by atoms with Crippen molar-refractivity contribution in [3.8, 4) is 0 Å². The molecule has 2 aromatic rings. The molecule has 2 rings (SSSR count). The van der Waals surface area contributed by atoms with Crippen molar-refractivity contribution in [2.24, 2.45) is 0 Å². The van der Waals surface area contributed by atoms with Gasteiger partial charge in [0.05, 0.1) is 0 Å². The average molecular weight is 242 g/mol. The maximum Gasteiger partial charge on any atom is 0.275 e. The minimum atomic E-state index is -0.267. The van der Waals surface area contributed by atoms with Gasteiger partial charge >= 0.3 is 0 Å². The number of aryl methyl sites for hydroxylation is 2. The molecule has 1 N–H and O–H groups in total. The zero-order valence-corrected chi connectivity index (χ0v) is 10.6. The molecule has 0 fully saturated rings. The lowest BCUT2D eigenvalue weighted by Gasteiger charge is -2.07. The van der Waals surface area contributed by atoms with E-state index in [2.05, 4.69) is 20.3 Å². The smallest absolute Gasteiger partial charge is 0.275 e. The standard InChI is InChI=1S/C13H14N4O/c1-8-4-5-14-11(6-8)17-13(18)12-9(2)10(3)15-7-16-12/h4-7H,1-3H3,(H,14,17,18). The number of carbonyl (C=O) groups excluding carboxylic acids is 1. The largest absolute Gasteiger partial charge is 0.305 e. The summed E-state index contributed by atoms with van der Waals surface area (Å²) in [7, 11) is 0. The summed E-state index contributed by atoms with van der Waals surface area (Å²) in [6.45, 7) is 5.62. The molecule has 0 unspecified atom stereocenters. The summed E-state index contributed by atoms with van der Waals surface area (Å²) in [4.78, 5) is 24.2. The van der Waals surface area contributed by atoms with E-state index in [1.807, 2.05) is 26.8 Å². The van der Waals surface area contributed by atoms with Crippen molar-refractivity contribution < 1.29 is 4.79 Å². The molecule has 0 aliphatic heterocycles. The van der Waals surface area contributed by atoms with Gasteiger partial charge in [-0.3, -0.25) is 4.79 Å². The molecule has 0 bridgehead atoms. The predicted octanol–water partition coefficient (Wildman–Crippen LogP) is 2.05. The van der Waals surface area contributed by atoms with E-state index in [1.165, 1.54) is 6.33 Å². The first-order chi connectivity index (χ1) is 8.58. The highest BCUT2D eigenvalue weighted by Crippen LogP contribution is 2.11. The SMILES string of the molecule is Cc1ccnc(NC(=O)c2ncnc(C)c2C)c1. The summed E-state index contributed by atoms with van der Waals surface area (Å²) in [6, 6.07) is 3.68. The van der Waals surface area contributed by atoms with Crippen LogP contribution in [-0.4, -0.2) is 20.9 Å². The molecular formula is C13H14N4O. The van der Waals surface area contributed by atoms with Crippen LogP contribution in [0.3, 0.4) is 0 Å².